The number of hydrogen-bond acceptors (Lipinski definition) is 5. The Hall–Kier alpha value is -1.34. The minimum atomic E-state index is 0.212. The standard InChI is InChI=1S/C12H23N5OS/c1-9(7-18-5)15-11(13-2)14-6-10-8-19-12(16-10)17(3)4/h8-9H,6-7H2,1-5H3,(H2,13,14,15). The summed E-state index contributed by atoms with van der Waals surface area (Å²) in [5.41, 5.74) is 1.01. The molecule has 1 rings (SSSR count). The summed E-state index contributed by atoms with van der Waals surface area (Å²) in [6.07, 6.45) is 0. The van der Waals surface area contributed by atoms with Crippen molar-refractivity contribution in [1.29, 1.82) is 0 Å². The summed E-state index contributed by atoms with van der Waals surface area (Å²) in [4.78, 5) is 10.7. The number of nitrogens with zero attached hydrogens (tertiary/aromatic N) is 3. The summed E-state index contributed by atoms with van der Waals surface area (Å²) in [6.45, 7) is 3.34. The van der Waals surface area contributed by atoms with E-state index < -0.39 is 0 Å². The SMILES string of the molecule is CN=C(NCc1csc(N(C)C)n1)NC(C)COC. The van der Waals surface area contributed by atoms with Gasteiger partial charge in [0.2, 0.25) is 0 Å². The maximum absolute atomic E-state index is 5.08. The Morgan fingerprint density at radius 2 is 2.32 bits per heavy atom. The highest BCUT2D eigenvalue weighted by Crippen LogP contribution is 2.17. The van der Waals surface area contributed by atoms with E-state index in [-0.39, 0.29) is 6.04 Å². The van der Waals surface area contributed by atoms with E-state index in [1.807, 2.05) is 31.3 Å². The molecule has 7 heteroatoms. The van der Waals surface area contributed by atoms with Crippen molar-refractivity contribution in [2.75, 3.05) is 39.8 Å². The van der Waals surface area contributed by atoms with Crippen molar-refractivity contribution in [3.8, 4) is 0 Å². The topological polar surface area (TPSA) is 61.8 Å². The summed E-state index contributed by atoms with van der Waals surface area (Å²) in [5.74, 6) is 0.754. The second-order valence-electron chi connectivity index (χ2n) is 4.44. The van der Waals surface area contributed by atoms with Gasteiger partial charge < -0.3 is 20.3 Å². The van der Waals surface area contributed by atoms with Crippen molar-refractivity contribution in [3.63, 3.8) is 0 Å². The molecular weight excluding hydrogens is 262 g/mol. The third-order valence-electron chi connectivity index (χ3n) is 2.38. The number of nitrogens with one attached hydrogen (secondary N) is 2. The van der Waals surface area contributed by atoms with Gasteiger partial charge >= 0.3 is 0 Å². The third kappa shape index (κ3) is 5.44. The van der Waals surface area contributed by atoms with Crippen LogP contribution in [0.3, 0.4) is 0 Å². The second-order valence-corrected chi connectivity index (χ2v) is 5.28. The monoisotopic (exact) mass is 285 g/mol. The molecule has 6 nitrogen and oxygen atoms in total. The van der Waals surface area contributed by atoms with E-state index in [2.05, 4.69) is 20.6 Å². The van der Waals surface area contributed by atoms with E-state index in [0.29, 0.717) is 13.2 Å². The van der Waals surface area contributed by atoms with E-state index in [4.69, 9.17) is 4.74 Å². The molecule has 0 fully saturated rings. The fraction of sp³-hybridized carbons (Fsp3) is 0.667. The molecule has 19 heavy (non-hydrogen) atoms. The number of hydrogen-bond donors (Lipinski definition) is 2. The van der Waals surface area contributed by atoms with Crippen LogP contribution < -0.4 is 15.5 Å². The lowest BCUT2D eigenvalue weighted by atomic mass is 10.4. The number of ether oxygens (including phenoxy) is 1. The highest BCUT2D eigenvalue weighted by molar-refractivity contribution is 7.13. The van der Waals surface area contributed by atoms with Crippen LogP contribution >= 0.6 is 11.3 Å². The molecule has 108 valence electrons. The summed E-state index contributed by atoms with van der Waals surface area (Å²) in [7, 11) is 7.42. The molecule has 0 spiro atoms. The van der Waals surface area contributed by atoms with Gasteiger partial charge in [-0.2, -0.15) is 0 Å². The molecule has 0 saturated heterocycles. The molecule has 2 N–H and O–H groups in total. The zero-order chi connectivity index (χ0) is 14.3. The van der Waals surface area contributed by atoms with Gasteiger partial charge in [-0.05, 0) is 6.92 Å². The van der Waals surface area contributed by atoms with E-state index in [1.54, 1.807) is 25.5 Å². The van der Waals surface area contributed by atoms with Crippen LogP contribution in [0.2, 0.25) is 0 Å². The molecule has 1 heterocycles. The van der Waals surface area contributed by atoms with Crippen LogP contribution in [0.4, 0.5) is 5.13 Å². The Morgan fingerprint density at radius 1 is 1.58 bits per heavy atom. The molecule has 0 bridgehead atoms. The number of guanidine groups is 1. The summed E-state index contributed by atoms with van der Waals surface area (Å²) in [5, 5.41) is 9.54. The Kier molecular flexibility index (Phi) is 6.58. The first-order valence-electron chi connectivity index (χ1n) is 6.14. The molecular formula is C12H23N5OS. The number of rotatable bonds is 6. The molecule has 0 aliphatic carbocycles. The normalized spacial score (nSPS) is 13.2. The van der Waals surface area contributed by atoms with E-state index in [9.17, 15) is 0 Å². The Bertz CT molecular complexity index is 405. The van der Waals surface area contributed by atoms with Gasteiger partial charge in [0.05, 0.1) is 18.8 Å². The van der Waals surface area contributed by atoms with Gasteiger partial charge in [-0.15, -0.1) is 11.3 Å². The lowest BCUT2D eigenvalue weighted by Crippen LogP contribution is -2.43. The fourth-order valence-electron chi connectivity index (χ4n) is 1.48. The maximum Gasteiger partial charge on any atom is 0.191 e. The van der Waals surface area contributed by atoms with Crippen LogP contribution in [-0.4, -0.2) is 51.8 Å². The molecule has 1 aromatic rings. The molecule has 0 aliphatic heterocycles. The first-order valence-corrected chi connectivity index (χ1v) is 7.02. The Labute approximate surface area is 118 Å². The molecule has 1 aromatic heterocycles. The van der Waals surface area contributed by atoms with Gasteiger partial charge in [0.25, 0.3) is 0 Å². The summed E-state index contributed by atoms with van der Waals surface area (Å²) >= 11 is 1.63. The molecule has 0 amide bonds. The second kappa shape index (κ2) is 7.96. The average molecular weight is 285 g/mol. The first-order chi connectivity index (χ1) is 9.06. The van der Waals surface area contributed by atoms with Gasteiger partial charge in [-0.3, -0.25) is 4.99 Å². The number of thiazole rings is 1. The van der Waals surface area contributed by atoms with Crippen LogP contribution in [0, 0.1) is 0 Å². The molecule has 1 atom stereocenters. The highest BCUT2D eigenvalue weighted by Gasteiger charge is 2.07. The minimum absolute atomic E-state index is 0.212. The van der Waals surface area contributed by atoms with Crippen molar-refractivity contribution in [3.05, 3.63) is 11.1 Å². The Morgan fingerprint density at radius 3 is 2.84 bits per heavy atom. The van der Waals surface area contributed by atoms with Gasteiger partial charge in [-0.25, -0.2) is 4.98 Å². The predicted molar refractivity (Wildman–Crippen MR) is 81.1 cm³/mol. The molecule has 0 aromatic carbocycles. The quantitative estimate of drug-likeness (QED) is 0.601. The van der Waals surface area contributed by atoms with Crippen LogP contribution in [-0.2, 0) is 11.3 Å². The number of aromatic nitrogens is 1. The lowest BCUT2D eigenvalue weighted by molar-refractivity contribution is 0.179. The van der Waals surface area contributed by atoms with Crippen molar-refractivity contribution >= 4 is 22.4 Å². The molecule has 1 unspecified atom stereocenters. The molecule has 0 aliphatic rings. The number of aliphatic imine (C=N–C) groups is 1. The van der Waals surface area contributed by atoms with Crippen LogP contribution in [0.15, 0.2) is 10.4 Å². The van der Waals surface area contributed by atoms with Gasteiger partial charge in [0, 0.05) is 39.7 Å². The van der Waals surface area contributed by atoms with Crippen molar-refractivity contribution in [1.82, 2.24) is 15.6 Å². The fourth-order valence-corrected chi connectivity index (χ4v) is 2.24. The summed E-state index contributed by atoms with van der Waals surface area (Å²) in [6, 6.07) is 0.212. The smallest absolute Gasteiger partial charge is 0.191 e. The largest absolute Gasteiger partial charge is 0.383 e. The van der Waals surface area contributed by atoms with Gasteiger partial charge in [0.1, 0.15) is 0 Å². The zero-order valence-corrected chi connectivity index (χ0v) is 13.0. The van der Waals surface area contributed by atoms with Crippen LogP contribution in [0.1, 0.15) is 12.6 Å². The van der Waals surface area contributed by atoms with Crippen molar-refractivity contribution in [2.45, 2.75) is 19.5 Å². The number of methoxy groups -OCH3 is 1. The highest BCUT2D eigenvalue weighted by atomic mass is 32.1. The third-order valence-corrected chi connectivity index (χ3v) is 3.44. The van der Waals surface area contributed by atoms with Crippen molar-refractivity contribution < 1.29 is 4.74 Å². The predicted octanol–water partition coefficient (Wildman–Crippen LogP) is 0.909. The lowest BCUT2D eigenvalue weighted by Gasteiger charge is -2.16. The zero-order valence-electron chi connectivity index (χ0n) is 12.2. The van der Waals surface area contributed by atoms with Crippen molar-refractivity contribution in [2.24, 2.45) is 4.99 Å². The van der Waals surface area contributed by atoms with E-state index in [1.165, 1.54) is 0 Å². The first kappa shape index (κ1) is 15.7. The van der Waals surface area contributed by atoms with E-state index in [0.717, 1.165) is 16.8 Å². The van der Waals surface area contributed by atoms with Crippen LogP contribution in [0.25, 0.3) is 0 Å². The number of anilines is 1. The van der Waals surface area contributed by atoms with Gasteiger partial charge in [0.15, 0.2) is 11.1 Å². The minimum Gasteiger partial charge on any atom is -0.383 e. The average Bonchev–Trinajstić information content (AvgIpc) is 2.83. The Balaban J connectivity index is 2.44. The maximum atomic E-state index is 5.08. The van der Waals surface area contributed by atoms with Crippen LogP contribution in [0.5, 0.6) is 0 Å². The van der Waals surface area contributed by atoms with E-state index >= 15 is 0 Å². The van der Waals surface area contributed by atoms with Gasteiger partial charge in [-0.1, -0.05) is 0 Å². The summed E-state index contributed by atoms with van der Waals surface area (Å²) < 4.78 is 5.08. The molecule has 0 saturated carbocycles. The molecule has 0 radical (unpaired) electrons.